The Kier molecular flexibility index (Phi) is 4.93. The topological polar surface area (TPSA) is 60.9 Å². The monoisotopic (exact) mass is 273 g/mol. The van der Waals surface area contributed by atoms with E-state index in [1.165, 1.54) is 0 Å². The molecular weight excluding hydrogens is 250 g/mol. The maximum atomic E-state index is 9.00. The predicted molar refractivity (Wildman–Crippen MR) is 81.2 cm³/mol. The number of H-pyrrole nitrogens is 1. The third-order valence-electron chi connectivity index (χ3n) is 3.41. The van der Waals surface area contributed by atoms with Crippen LogP contribution in [0.5, 0.6) is 0 Å². The average Bonchev–Trinajstić information content (AvgIpc) is 2.88. The highest BCUT2D eigenvalue weighted by Crippen LogP contribution is 2.19. The Labute approximate surface area is 120 Å². The van der Waals surface area contributed by atoms with Gasteiger partial charge in [-0.3, -0.25) is 5.10 Å². The molecule has 4 nitrogen and oxygen atoms in total. The van der Waals surface area contributed by atoms with Crippen molar-refractivity contribution in [3.63, 3.8) is 0 Å². The van der Waals surface area contributed by atoms with Crippen LogP contribution in [-0.2, 0) is 6.54 Å². The molecule has 1 aromatic carbocycles. The summed E-state index contributed by atoms with van der Waals surface area (Å²) in [6, 6.07) is 12.2. The third kappa shape index (κ3) is 4.18. The number of aromatic nitrogens is 2. The minimum Gasteiger partial charge on any atom is -0.396 e. The highest BCUT2D eigenvalue weighted by Gasteiger charge is 2.16. The number of nitrogens with one attached hydrogen (secondary N) is 2. The SMILES string of the molecule is CC(C)(CCO)CNCc1cc(-c2ccccc2)n[nH]1. The van der Waals surface area contributed by atoms with Crippen LogP contribution in [0.15, 0.2) is 36.4 Å². The van der Waals surface area contributed by atoms with E-state index in [4.69, 9.17) is 5.11 Å². The van der Waals surface area contributed by atoms with Crippen LogP contribution in [0.3, 0.4) is 0 Å². The van der Waals surface area contributed by atoms with Crippen LogP contribution in [0.1, 0.15) is 26.0 Å². The summed E-state index contributed by atoms with van der Waals surface area (Å²) < 4.78 is 0. The number of rotatable bonds is 7. The molecule has 1 heterocycles. The highest BCUT2D eigenvalue weighted by molar-refractivity contribution is 5.58. The molecule has 0 bridgehead atoms. The molecule has 108 valence electrons. The van der Waals surface area contributed by atoms with Gasteiger partial charge >= 0.3 is 0 Å². The molecule has 0 fully saturated rings. The third-order valence-corrected chi connectivity index (χ3v) is 3.41. The van der Waals surface area contributed by atoms with Crippen molar-refractivity contribution in [3.05, 3.63) is 42.1 Å². The second-order valence-corrected chi connectivity index (χ2v) is 5.89. The zero-order valence-electron chi connectivity index (χ0n) is 12.2. The Hall–Kier alpha value is -1.65. The molecule has 3 N–H and O–H groups in total. The molecule has 1 aromatic heterocycles. The van der Waals surface area contributed by atoms with E-state index in [0.717, 1.165) is 36.5 Å². The molecule has 4 heteroatoms. The summed E-state index contributed by atoms with van der Waals surface area (Å²) in [6.45, 7) is 6.16. The quantitative estimate of drug-likeness (QED) is 0.726. The van der Waals surface area contributed by atoms with Crippen LogP contribution in [0.2, 0.25) is 0 Å². The number of aliphatic hydroxyl groups is 1. The van der Waals surface area contributed by atoms with E-state index in [0.29, 0.717) is 0 Å². The molecule has 0 amide bonds. The van der Waals surface area contributed by atoms with Gasteiger partial charge in [-0.1, -0.05) is 44.2 Å². The van der Waals surface area contributed by atoms with Gasteiger partial charge in [0.1, 0.15) is 0 Å². The first-order chi connectivity index (χ1) is 9.61. The Balaban J connectivity index is 1.88. The number of hydrogen-bond donors (Lipinski definition) is 3. The Morgan fingerprint density at radius 2 is 2.00 bits per heavy atom. The van der Waals surface area contributed by atoms with Crippen molar-refractivity contribution in [3.8, 4) is 11.3 Å². The lowest BCUT2D eigenvalue weighted by Gasteiger charge is -2.23. The molecular formula is C16H23N3O. The van der Waals surface area contributed by atoms with Crippen LogP contribution in [0.25, 0.3) is 11.3 Å². The second-order valence-electron chi connectivity index (χ2n) is 5.89. The molecule has 0 saturated carbocycles. The maximum absolute atomic E-state index is 9.00. The summed E-state index contributed by atoms with van der Waals surface area (Å²) in [5.41, 5.74) is 3.27. The number of nitrogens with zero attached hydrogens (tertiary/aromatic N) is 1. The van der Waals surface area contributed by atoms with Crippen molar-refractivity contribution >= 4 is 0 Å². The lowest BCUT2D eigenvalue weighted by Crippen LogP contribution is -2.30. The van der Waals surface area contributed by atoms with E-state index < -0.39 is 0 Å². The Bertz CT molecular complexity index is 520. The molecule has 0 spiro atoms. The predicted octanol–water partition coefficient (Wildman–Crippen LogP) is 2.57. The fourth-order valence-electron chi connectivity index (χ4n) is 2.14. The zero-order valence-corrected chi connectivity index (χ0v) is 12.2. The Morgan fingerprint density at radius 3 is 2.70 bits per heavy atom. The zero-order chi connectivity index (χ0) is 14.4. The van der Waals surface area contributed by atoms with E-state index in [1.807, 2.05) is 18.2 Å². The smallest absolute Gasteiger partial charge is 0.0924 e. The van der Waals surface area contributed by atoms with Crippen molar-refractivity contribution in [1.29, 1.82) is 0 Å². The van der Waals surface area contributed by atoms with Gasteiger partial charge in [0.2, 0.25) is 0 Å². The minimum absolute atomic E-state index is 0.108. The lowest BCUT2D eigenvalue weighted by molar-refractivity contribution is 0.207. The molecule has 0 radical (unpaired) electrons. The molecule has 20 heavy (non-hydrogen) atoms. The lowest BCUT2D eigenvalue weighted by atomic mass is 9.90. The van der Waals surface area contributed by atoms with E-state index in [-0.39, 0.29) is 12.0 Å². The minimum atomic E-state index is 0.108. The summed E-state index contributed by atoms with van der Waals surface area (Å²) in [5, 5.41) is 19.8. The number of aliphatic hydroxyl groups excluding tert-OH is 1. The molecule has 2 aromatic rings. The van der Waals surface area contributed by atoms with Crippen LogP contribution < -0.4 is 5.32 Å². The van der Waals surface area contributed by atoms with E-state index in [2.05, 4.69) is 47.6 Å². The fourth-order valence-corrected chi connectivity index (χ4v) is 2.14. The van der Waals surface area contributed by atoms with Crippen LogP contribution in [0, 0.1) is 5.41 Å². The molecule has 0 atom stereocenters. The van der Waals surface area contributed by atoms with Gasteiger partial charge in [-0.2, -0.15) is 5.10 Å². The van der Waals surface area contributed by atoms with E-state index in [9.17, 15) is 0 Å². The molecule has 0 unspecified atom stereocenters. The van der Waals surface area contributed by atoms with Gasteiger partial charge in [-0.15, -0.1) is 0 Å². The van der Waals surface area contributed by atoms with Gasteiger partial charge in [0, 0.05) is 31.0 Å². The molecule has 0 aliphatic rings. The Morgan fingerprint density at radius 1 is 1.25 bits per heavy atom. The van der Waals surface area contributed by atoms with Gasteiger partial charge in [-0.05, 0) is 17.9 Å². The van der Waals surface area contributed by atoms with Gasteiger partial charge in [0.25, 0.3) is 0 Å². The number of hydrogen-bond acceptors (Lipinski definition) is 3. The van der Waals surface area contributed by atoms with Crippen LogP contribution >= 0.6 is 0 Å². The van der Waals surface area contributed by atoms with Gasteiger partial charge < -0.3 is 10.4 Å². The largest absolute Gasteiger partial charge is 0.396 e. The fraction of sp³-hybridized carbons (Fsp3) is 0.438. The van der Waals surface area contributed by atoms with Crippen LogP contribution in [0.4, 0.5) is 0 Å². The van der Waals surface area contributed by atoms with Crippen LogP contribution in [-0.4, -0.2) is 28.5 Å². The van der Waals surface area contributed by atoms with Crippen molar-refractivity contribution < 1.29 is 5.11 Å². The van der Waals surface area contributed by atoms with Crippen molar-refractivity contribution in [2.24, 2.45) is 5.41 Å². The van der Waals surface area contributed by atoms with Crippen molar-refractivity contribution in [1.82, 2.24) is 15.5 Å². The molecule has 0 aliphatic carbocycles. The summed E-state index contributed by atoms with van der Waals surface area (Å²) in [4.78, 5) is 0. The van der Waals surface area contributed by atoms with E-state index in [1.54, 1.807) is 0 Å². The maximum Gasteiger partial charge on any atom is 0.0924 e. The molecule has 0 aliphatic heterocycles. The summed E-state index contributed by atoms with van der Waals surface area (Å²) >= 11 is 0. The van der Waals surface area contributed by atoms with E-state index >= 15 is 0 Å². The molecule has 2 rings (SSSR count). The second kappa shape index (κ2) is 6.68. The summed E-state index contributed by atoms with van der Waals surface area (Å²) in [7, 11) is 0. The standard InChI is InChI=1S/C16H23N3O/c1-16(2,8-9-20)12-17-11-14-10-15(19-18-14)13-6-4-3-5-7-13/h3-7,10,17,20H,8-9,11-12H2,1-2H3,(H,18,19). The summed E-state index contributed by atoms with van der Waals surface area (Å²) in [5.74, 6) is 0. The van der Waals surface area contributed by atoms with Gasteiger partial charge in [-0.25, -0.2) is 0 Å². The van der Waals surface area contributed by atoms with Gasteiger partial charge in [0.15, 0.2) is 0 Å². The average molecular weight is 273 g/mol. The van der Waals surface area contributed by atoms with Crippen molar-refractivity contribution in [2.45, 2.75) is 26.8 Å². The number of benzene rings is 1. The van der Waals surface area contributed by atoms with Crippen molar-refractivity contribution in [2.75, 3.05) is 13.2 Å². The first-order valence-corrected chi connectivity index (χ1v) is 7.02. The summed E-state index contributed by atoms with van der Waals surface area (Å²) in [6.07, 6.45) is 0.804. The highest BCUT2D eigenvalue weighted by atomic mass is 16.3. The van der Waals surface area contributed by atoms with Gasteiger partial charge in [0.05, 0.1) is 5.69 Å². The number of aromatic amines is 1. The first kappa shape index (κ1) is 14.8. The normalized spacial score (nSPS) is 11.8. The first-order valence-electron chi connectivity index (χ1n) is 7.02. The molecule has 0 saturated heterocycles.